The Labute approximate surface area is 134 Å². The van der Waals surface area contributed by atoms with Crippen LogP contribution in [0.15, 0.2) is 60.9 Å². The van der Waals surface area contributed by atoms with Gasteiger partial charge in [0.05, 0.1) is 18.9 Å². The second kappa shape index (κ2) is 6.75. The van der Waals surface area contributed by atoms with Crippen LogP contribution in [0.5, 0.6) is 0 Å². The van der Waals surface area contributed by atoms with Gasteiger partial charge in [-0.25, -0.2) is 4.98 Å². The lowest BCUT2D eigenvalue weighted by Gasteiger charge is -2.22. The summed E-state index contributed by atoms with van der Waals surface area (Å²) in [6, 6.07) is 17.3. The predicted molar refractivity (Wildman–Crippen MR) is 87.9 cm³/mol. The zero-order valence-corrected chi connectivity index (χ0v) is 12.6. The Morgan fingerprint density at radius 3 is 2.78 bits per heavy atom. The van der Waals surface area contributed by atoms with Gasteiger partial charge in [-0.15, -0.1) is 0 Å². The summed E-state index contributed by atoms with van der Waals surface area (Å²) in [5, 5.41) is 8.85. The van der Waals surface area contributed by atoms with Crippen molar-refractivity contribution in [3.63, 3.8) is 0 Å². The minimum Gasteiger partial charge on any atom is -0.311 e. The van der Waals surface area contributed by atoms with Crippen LogP contribution in [0.2, 0.25) is 0 Å². The molecule has 3 aromatic rings. The number of aromatic nitrogens is 2. The molecule has 0 bridgehead atoms. The molecule has 0 radical (unpaired) electrons. The van der Waals surface area contributed by atoms with Gasteiger partial charge in [0.25, 0.3) is 0 Å². The van der Waals surface area contributed by atoms with Gasteiger partial charge in [0.1, 0.15) is 5.65 Å². The van der Waals surface area contributed by atoms with Crippen LogP contribution in [0.25, 0.3) is 5.65 Å². The van der Waals surface area contributed by atoms with Crippen molar-refractivity contribution in [1.82, 2.24) is 9.38 Å². The summed E-state index contributed by atoms with van der Waals surface area (Å²) in [4.78, 5) is 18.7. The van der Waals surface area contributed by atoms with Gasteiger partial charge in [-0.2, -0.15) is 5.26 Å². The van der Waals surface area contributed by atoms with E-state index in [9.17, 15) is 4.79 Å². The van der Waals surface area contributed by atoms with Crippen molar-refractivity contribution in [2.24, 2.45) is 0 Å². The standard InChI is InChI=1S/C18H16N4O/c19-10-5-12-22(15-6-2-1-3-7-15)18(23)14-16-8-4-9-17-20-11-13-21(16)17/h1-4,6-9,11,13H,5,12,14H2. The highest BCUT2D eigenvalue weighted by Gasteiger charge is 2.17. The van der Waals surface area contributed by atoms with E-state index in [1.54, 1.807) is 11.1 Å². The van der Waals surface area contributed by atoms with Crippen LogP contribution >= 0.6 is 0 Å². The molecule has 3 rings (SSSR count). The second-order valence-corrected chi connectivity index (χ2v) is 5.14. The number of carbonyl (C=O) groups is 1. The molecule has 2 heterocycles. The summed E-state index contributed by atoms with van der Waals surface area (Å²) in [6.07, 6.45) is 4.12. The Kier molecular flexibility index (Phi) is 4.34. The molecule has 1 amide bonds. The molecule has 5 heteroatoms. The molecule has 0 aliphatic rings. The largest absolute Gasteiger partial charge is 0.311 e. The number of hydrogen-bond donors (Lipinski definition) is 0. The molecular formula is C18H16N4O. The first-order valence-electron chi connectivity index (χ1n) is 7.43. The van der Waals surface area contributed by atoms with Crippen molar-refractivity contribution >= 4 is 17.2 Å². The number of carbonyl (C=O) groups excluding carboxylic acids is 1. The average Bonchev–Trinajstić information content (AvgIpc) is 3.06. The highest BCUT2D eigenvalue weighted by molar-refractivity contribution is 5.94. The van der Waals surface area contributed by atoms with Crippen molar-refractivity contribution in [3.05, 3.63) is 66.6 Å². The Hall–Kier alpha value is -3.13. The van der Waals surface area contributed by atoms with Gasteiger partial charge in [-0.3, -0.25) is 4.79 Å². The van der Waals surface area contributed by atoms with Crippen LogP contribution < -0.4 is 4.90 Å². The fourth-order valence-corrected chi connectivity index (χ4v) is 2.57. The number of amides is 1. The Morgan fingerprint density at radius 1 is 1.17 bits per heavy atom. The van der Waals surface area contributed by atoms with Gasteiger partial charge < -0.3 is 9.30 Å². The normalized spacial score (nSPS) is 10.4. The van der Waals surface area contributed by atoms with Crippen molar-refractivity contribution in [2.45, 2.75) is 12.8 Å². The quantitative estimate of drug-likeness (QED) is 0.728. The molecule has 0 aliphatic carbocycles. The minimum absolute atomic E-state index is 0.0346. The SMILES string of the molecule is N#CCCN(C(=O)Cc1cccc2nccn12)c1ccccc1. The summed E-state index contributed by atoms with van der Waals surface area (Å²) in [6.45, 7) is 0.388. The lowest BCUT2D eigenvalue weighted by atomic mass is 10.2. The lowest BCUT2D eigenvalue weighted by Crippen LogP contribution is -2.33. The van der Waals surface area contributed by atoms with E-state index in [1.807, 2.05) is 59.1 Å². The number of anilines is 1. The van der Waals surface area contributed by atoms with E-state index in [0.29, 0.717) is 13.0 Å². The zero-order chi connectivity index (χ0) is 16.1. The molecule has 0 unspecified atom stereocenters. The summed E-state index contributed by atoms with van der Waals surface area (Å²) in [5.74, 6) is -0.0346. The Bertz CT molecular complexity index is 848. The van der Waals surface area contributed by atoms with Gasteiger partial charge in [-0.1, -0.05) is 24.3 Å². The first kappa shape index (κ1) is 14.8. The maximum absolute atomic E-state index is 12.8. The highest BCUT2D eigenvalue weighted by Crippen LogP contribution is 2.16. The third kappa shape index (κ3) is 3.22. The fourth-order valence-electron chi connectivity index (χ4n) is 2.57. The number of hydrogen-bond acceptors (Lipinski definition) is 3. The maximum Gasteiger partial charge on any atom is 0.232 e. The molecule has 23 heavy (non-hydrogen) atoms. The van der Waals surface area contributed by atoms with Crippen LogP contribution in [0.4, 0.5) is 5.69 Å². The number of rotatable bonds is 5. The third-order valence-corrected chi connectivity index (χ3v) is 3.66. The summed E-state index contributed by atoms with van der Waals surface area (Å²) in [7, 11) is 0. The van der Waals surface area contributed by atoms with E-state index in [0.717, 1.165) is 17.0 Å². The lowest BCUT2D eigenvalue weighted by molar-refractivity contribution is -0.118. The monoisotopic (exact) mass is 304 g/mol. The molecule has 0 atom stereocenters. The first-order chi connectivity index (χ1) is 11.3. The van der Waals surface area contributed by atoms with Gasteiger partial charge in [0, 0.05) is 30.3 Å². The summed E-state index contributed by atoms with van der Waals surface area (Å²) in [5.41, 5.74) is 2.51. The van der Waals surface area contributed by atoms with Gasteiger partial charge >= 0.3 is 0 Å². The smallest absolute Gasteiger partial charge is 0.232 e. The maximum atomic E-state index is 12.8. The number of benzene rings is 1. The van der Waals surface area contributed by atoms with E-state index < -0.39 is 0 Å². The number of imidazole rings is 1. The van der Waals surface area contributed by atoms with E-state index in [-0.39, 0.29) is 12.3 Å². The van der Waals surface area contributed by atoms with Gasteiger partial charge in [0.2, 0.25) is 5.91 Å². The number of pyridine rings is 1. The second-order valence-electron chi connectivity index (χ2n) is 5.14. The molecule has 0 saturated carbocycles. The van der Waals surface area contributed by atoms with Gasteiger partial charge in [0.15, 0.2) is 0 Å². The van der Waals surface area contributed by atoms with Crippen molar-refractivity contribution in [3.8, 4) is 6.07 Å². The average molecular weight is 304 g/mol. The summed E-state index contributed by atoms with van der Waals surface area (Å²) >= 11 is 0. The van der Waals surface area contributed by atoms with Gasteiger partial charge in [-0.05, 0) is 24.3 Å². The fraction of sp³-hybridized carbons (Fsp3) is 0.167. The molecule has 114 valence electrons. The molecular weight excluding hydrogens is 288 g/mol. The van der Waals surface area contributed by atoms with Crippen LogP contribution in [0.3, 0.4) is 0 Å². The molecule has 0 saturated heterocycles. The van der Waals surface area contributed by atoms with Crippen molar-refractivity contribution in [2.75, 3.05) is 11.4 Å². The number of para-hydroxylation sites is 1. The predicted octanol–water partition coefficient (Wildman–Crippen LogP) is 2.82. The Balaban J connectivity index is 1.86. The Morgan fingerprint density at radius 2 is 2.00 bits per heavy atom. The van der Waals surface area contributed by atoms with E-state index in [2.05, 4.69) is 11.1 Å². The number of fused-ring (bicyclic) bond motifs is 1. The number of nitriles is 1. The van der Waals surface area contributed by atoms with Crippen LogP contribution in [-0.4, -0.2) is 21.8 Å². The molecule has 0 N–H and O–H groups in total. The third-order valence-electron chi connectivity index (χ3n) is 3.66. The first-order valence-corrected chi connectivity index (χ1v) is 7.43. The highest BCUT2D eigenvalue weighted by atomic mass is 16.2. The molecule has 1 aromatic carbocycles. The molecule has 2 aromatic heterocycles. The van der Waals surface area contributed by atoms with Crippen LogP contribution in [0.1, 0.15) is 12.1 Å². The minimum atomic E-state index is -0.0346. The molecule has 0 spiro atoms. The van der Waals surface area contributed by atoms with Crippen molar-refractivity contribution in [1.29, 1.82) is 5.26 Å². The van der Waals surface area contributed by atoms with E-state index in [4.69, 9.17) is 5.26 Å². The van der Waals surface area contributed by atoms with E-state index in [1.165, 1.54) is 0 Å². The van der Waals surface area contributed by atoms with E-state index >= 15 is 0 Å². The summed E-state index contributed by atoms with van der Waals surface area (Å²) < 4.78 is 1.91. The molecule has 0 fully saturated rings. The van der Waals surface area contributed by atoms with Crippen LogP contribution in [0, 0.1) is 11.3 Å². The van der Waals surface area contributed by atoms with Crippen molar-refractivity contribution < 1.29 is 4.79 Å². The zero-order valence-electron chi connectivity index (χ0n) is 12.6. The number of nitrogens with zero attached hydrogens (tertiary/aromatic N) is 4. The van der Waals surface area contributed by atoms with Crippen LogP contribution in [-0.2, 0) is 11.2 Å². The molecule has 5 nitrogen and oxygen atoms in total. The molecule has 0 aliphatic heterocycles. The topological polar surface area (TPSA) is 61.4 Å².